The van der Waals surface area contributed by atoms with Gasteiger partial charge in [0, 0.05) is 11.8 Å². The number of benzene rings is 2. The number of carboxylic acid groups (broad SMARTS) is 1. The normalized spacial score (nSPS) is 15.9. The number of carboxylic acids is 1. The van der Waals surface area contributed by atoms with Crippen molar-refractivity contribution in [2.45, 2.75) is 24.9 Å². The van der Waals surface area contributed by atoms with Gasteiger partial charge < -0.3 is 20.6 Å². The van der Waals surface area contributed by atoms with Gasteiger partial charge in [0.1, 0.15) is 6.04 Å². The first-order chi connectivity index (χ1) is 15.5. The summed E-state index contributed by atoms with van der Waals surface area (Å²) in [6, 6.07) is 16.2. The number of nitrogens with one attached hydrogen (secondary N) is 2. The molecule has 0 aromatic heterocycles. The van der Waals surface area contributed by atoms with Crippen molar-refractivity contribution in [3.63, 3.8) is 0 Å². The second-order valence-corrected chi connectivity index (χ2v) is 7.43. The molecule has 166 valence electrons. The van der Waals surface area contributed by atoms with Gasteiger partial charge in [-0.2, -0.15) is 0 Å². The van der Waals surface area contributed by atoms with E-state index in [1.54, 1.807) is 36.4 Å². The molecule has 0 radical (unpaired) electrons. The molecule has 32 heavy (non-hydrogen) atoms. The van der Waals surface area contributed by atoms with Crippen LogP contribution in [0.1, 0.15) is 22.3 Å². The molecular formula is C24H25N3O5. The van der Waals surface area contributed by atoms with E-state index in [0.717, 1.165) is 10.5 Å². The van der Waals surface area contributed by atoms with Gasteiger partial charge in [-0.1, -0.05) is 54.6 Å². The van der Waals surface area contributed by atoms with Crippen LogP contribution in [0.4, 0.5) is 0 Å². The van der Waals surface area contributed by atoms with Gasteiger partial charge in [0.25, 0.3) is 5.91 Å². The summed E-state index contributed by atoms with van der Waals surface area (Å²) in [5, 5.41) is 14.8. The number of carbonyl (C=O) groups is 4. The summed E-state index contributed by atoms with van der Waals surface area (Å²) in [6.07, 6.45) is 3.63. The monoisotopic (exact) mass is 435 g/mol. The smallest absolute Gasteiger partial charge is 0.327 e. The SMILES string of the molecule is O=C(N[C@@H](Cc1ccccc1)C(=O)CNCC(=O)N1C=CC[C@@H]1C(=O)O)c1ccccc1. The van der Waals surface area contributed by atoms with Crippen molar-refractivity contribution in [3.05, 3.63) is 84.1 Å². The van der Waals surface area contributed by atoms with Crippen LogP contribution >= 0.6 is 0 Å². The van der Waals surface area contributed by atoms with Gasteiger partial charge in [-0.25, -0.2) is 4.79 Å². The Morgan fingerprint density at radius 3 is 2.28 bits per heavy atom. The second-order valence-electron chi connectivity index (χ2n) is 7.43. The molecule has 2 aromatic carbocycles. The first-order valence-electron chi connectivity index (χ1n) is 10.3. The van der Waals surface area contributed by atoms with Gasteiger partial charge in [0.2, 0.25) is 5.91 Å². The van der Waals surface area contributed by atoms with Crippen LogP contribution in [0.15, 0.2) is 72.9 Å². The number of aliphatic carboxylic acids is 1. The Morgan fingerprint density at radius 2 is 1.62 bits per heavy atom. The van der Waals surface area contributed by atoms with Crippen molar-refractivity contribution in [1.82, 2.24) is 15.5 Å². The Balaban J connectivity index is 1.60. The van der Waals surface area contributed by atoms with Crippen LogP contribution in [0.3, 0.4) is 0 Å². The molecule has 2 aromatic rings. The first kappa shape index (κ1) is 22.9. The number of hydrogen-bond donors (Lipinski definition) is 3. The number of Topliss-reactive ketones (excluding diaryl/α,β-unsaturated/α-hetero) is 1. The molecule has 2 atom stereocenters. The zero-order chi connectivity index (χ0) is 22.9. The van der Waals surface area contributed by atoms with Crippen LogP contribution in [0.5, 0.6) is 0 Å². The molecule has 0 saturated heterocycles. The van der Waals surface area contributed by atoms with Crippen LogP contribution < -0.4 is 10.6 Å². The number of hydrogen-bond acceptors (Lipinski definition) is 5. The molecule has 3 N–H and O–H groups in total. The number of ketones is 1. The molecule has 0 fully saturated rings. The second kappa shape index (κ2) is 11.0. The van der Waals surface area contributed by atoms with E-state index in [1.807, 2.05) is 30.3 Å². The van der Waals surface area contributed by atoms with Crippen LogP contribution in [-0.2, 0) is 20.8 Å². The number of carbonyl (C=O) groups excluding carboxylic acids is 3. The van der Waals surface area contributed by atoms with Crippen LogP contribution in [0, 0.1) is 0 Å². The Morgan fingerprint density at radius 1 is 0.969 bits per heavy atom. The van der Waals surface area contributed by atoms with Crippen molar-refractivity contribution in [2.75, 3.05) is 13.1 Å². The lowest BCUT2D eigenvalue weighted by molar-refractivity contribution is -0.146. The Bertz CT molecular complexity index is 991. The summed E-state index contributed by atoms with van der Waals surface area (Å²) >= 11 is 0. The summed E-state index contributed by atoms with van der Waals surface area (Å²) in [5.74, 6) is -2.15. The van der Waals surface area contributed by atoms with Crippen LogP contribution in [-0.4, -0.2) is 58.7 Å². The molecule has 0 spiro atoms. The molecule has 1 aliphatic heterocycles. The van der Waals surface area contributed by atoms with Crippen molar-refractivity contribution in [1.29, 1.82) is 0 Å². The van der Waals surface area contributed by atoms with Crippen molar-refractivity contribution in [3.8, 4) is 0 Å². The van der Waals surface area contributed by atoms with Gasteiger partial charge >= 0.3 is 5.97 Å². The fraction of sp³-hybridized carbons (Fsp3) is 0.250. The fourth-order valence-corrected chi connectivity index (χ4v) is 3.43. The molecule has 0 aliphatic carbocycles. The standard InChI is InChI=1S/C24H25N3O5/c28-21(15-25-16-22(29)27-13-7-12-20(27)24(31)32)19(14-17-8-3-1-4-9-17)26-23(30)18-10-5-2-6-11-18/h1-11,13,19-20,25H,12,14-16H2,(H,26,30)(H,31,32)/t19-,20+/m0/s1. The molecule has 2 amide bonds. The van der Waals surface area contributed by atoms with E-state index >= 15 is 0 Å². The maximum atomic E-state index is 12.9. The Kier molecular flexibility index (Phi) is 7.88. The lowest BCUT2D eigenvalue weighted by atomic mass is 10.0. The van der Waals surface area contributed by atoms with Crippen molar-refractivity contribution < 1.29 is 24.3 Å². The fourth-order valence-electron chi connectivity index (χ4n) is 3.43. The highest BCUT2D eigenvalue weighted by molar-refractivity contribution is 5.98. The zero-order valence-corrected chi connectivity index (χ0v) is 17.4. The van der Waals surface area contributed by atoms with Gasteiger partial charge in [0.15, 0.2) is 5.78 Å². The zero-order valence-electron chi connectivity index (χ0n) is 17.4. The largest absolute Gasteiger partial charge is 0.480 e. The third-order valence-corrected chi connectivity index (χ3v) is 5.12. The highest BCUT2D eigenvalue weighted by Crippen LogP contribution is 2.14. The quantitative estimate of drug-likeness (QED) is 0.519. The number of nitrogens with zero attached hydrogens (tertiary/aromatic N) is 1. The van der Waals surface area contributed by atoms with Crippen molar-refractivity contribution in [2.24, 2.45) is 0 Å². The minimum atomic E-state index is -1.08. The van der Waals surface area contributed by atoms with E-state index < -0.39 is 24.0 Å². The predicted octanol–water partition coefficient (Wildman–Crippen LogP) is 1.39. The molecule has 1 heterocycles. The third-order valence-electron chi connectivity index (χ3n) is 5.12. The summed E-state index contributed by atoms with van der Waals surface area (Å²) in [5.41, 5.74) is 1.34. The van der Waals surface area contributed by atoms with Gasteiger partial charge in [0.05, 0.1) is 19.1 Å². The van der Waals surface area contributed by atoms with E-state index in [9.17, 15) is 24.3 Å². The average Bonchev–Trinajstić information content (AvgIpc) is 3.30. The molecule has 0 bridgehead atoms. The first-order valence-corrected chi connectivity index (χ1v) is 10.3. The number of amides is 2. The molecule has 8 nitrogen and oxygen atoms in total. The highest BCUT2D eigenvalue weighted by Gasteiger charge is 2.30. The van der Waals surface area contributed by atoms with Gasteiger partial charge in [-0.3, -0.25) is 14.4 Å². The number of rotatable bonds is 10. The molecule has 0 unspecified atom stereocenters. The van der Waals surface area contributed by atoms with E-state index in [1.165, 1.54) is 6.20 Å². The molecule has 1 aliphatic rings. The topological polar surface area (TPSA) is 116 Å². The van der Waals surface area contributed by atoms with E-state index in [2.05, 4.69) is 10.6 Å². The van der Waals surface area contributed by atoms with E-state index in [4.69, 9.17) is 0 Å². The summed E-state index contributed by atoms with van der Waals surface area (Å²) < 4.78 is 0. The minimum Gasteiger partial charge on any atom is -0.480 e. The Labute approximate surface area is 185 Å². The minimum absolute atomic E-state index is 0.145. The highest BCUT2D eigenvalue weighted by atomic mass is 16.4. The van der Waals surface area contributed by atoms with E-state index in [-0.39, 0.29) is 31.2 Å². The van der Waals surface area contributed by atoms with Gasteiger partial charge in [-0.15, -0.1) is 0 Å². The van der Waals surface area contributed by atoms with Crippen LogP contribution in [0.25, 0.3) is 0 Å². The molecular weight excluding hydrogens is 410 g/mol. The summed E-state index contributed by atoms with van der Waals surface area (Å²) in [4.78, 5) is 50.2. The Hall–Kier alpha value is -3.78. The summed E-state index contributed by atoms with van der Waals surface area (Å²) in [7, 11) is 0. The van der Waals surface area contributed by atoms with Gasteiger partial charge in [-0.05, 0) is 30.5 Å². The third kappa shape index (κ3) is 6.12. The molecule has 0 saturated carbocycles. The van der Waals surface area contributed by atoms with Crippen LogP contribution in [0.2, 0.25) is 0 Å². The molecule has 3 rings (SSSR count). The average molecular weight is 435 g/mol. The summed E-state index contributed by atoms with van der Waals surface area (Å²) in [6.45, 7) is -0.335. The van der Waals surface area contributed by atoms with E-state index in [0.29, 0.717) is 12.0 Å². The lowest BCUT2D eigenvalue weighted by Crippen LogP contribution is -2.48. The lowest BCUT2D eigenvalue weighted by Gasteiger charge is -2.21. The van der Waals surface area contributed by atoms with Crippen molar-refractivity contribution >= 4 is 23.6 Å². The molecule has 8 heteroatoms. The predicted molar refractivity (Wildman–Crippen MR) is 118 cm³/mol. The maximum Gasteiger partial charge on any atom is 0.327 e. The maximum absolute atomic E-state index is 12.9.